The van der Waals surface area contributed by atoms with Crippen molar-refractivity contribution < 1.29 is 40.2 Å². The van der Waals surface area contributed by atoms with Gasteiger partial charge in [0.05, 0.1) is 5.56 Å². The van der Waals surface area contributed by atoms with Gasteiger partial charge in [0.25, 0.3) is 0 Å². The summed E-state index contributed by atoms with van der Waals surface area (Å²) in [5.74, 6) is -3.98. The van der Waals surface area contributed by atoms with Crippen molar-refractivity contribution in [3.63, 3.8) is 0 Å². The average Bonchev–Trinajstić information content (AvgIpc) is 3.02. The maximum absolute atomic E-state index is 15.2. The van der Waals surface area contributed by atoms with Crippen LogP contribution in [-0.2, 0) is 12.5 Å². The van der Waals surface area contributed by atoms with Crippen molar-refractivity contribution in [1.82, 2.24) is 0 Å². The number of ether oxygens (including phenoxy) is 2. The van der Waals surface area contributed by atoms with Gasteiger partial charge >= 0.3 is 12.5 Å². The van der Waals surface area contributed by atoms with Gasteiger partial charge in [-0.1, -0.05) is 92.6 Å². The molecule has 0 radical (unpaired) electrons. The summed E-state index contributed by atoms with van der Waals surface area (Å²) in [5, 5.41) is 0. The van der Waals surface area contributed by atoms with Crippen LogP contribution in [0.5, 0.6) is 11.5 Å². The van der Waals surface area contributed by atoms with Gasteiger partial charge < -0.3 is 9.47 Å². The van der Waals surface area contributed by atoms with Gasteiger partial charge in [-0.2, -0.15) is 8.78 Å². The van der Waals surface area contributed by atoms with Crippen LogP contribution in [0.15, 0.2) is 109 Å². The van der Waals surface area contributed by atoms with Crippen molar-refractivity contribution in [2.24, 2.45) is 0 Å². The Morgan fingerprint density at radius 3 is 1.67 bits per heavy atom. The minimum Gasteiger partial charge on any atom is -0.429 e. The third kappa shape index (κ3) is 8.07. The summed E-state index contributed by atoms with van der Waals surface area (Å²) in [7, 11) is 0. The predicted molar refractivity (Wildman–Crippen MR) is 164 cm³/mol. The molecule has 5 rings (SSSR count). The fourth-order valence-electron chi connectivity index (χ4n) is 5.03. The molecule has 0 N–H and O–H groups in total. The third-order valence-corrected chi connectivity index (χ3v) is 7.45. The lowest BCUT2D eigenvalue weighted by Gasteiger charge is -2.19. The van der Waals surface area contributed by atoms with E-state index in [2.05, 4.69) is 40.7 Å². The molecule has 9 heteroatoms. The minimum atomic E-state index is -5.15. The van der Waals surface area contributed by atoms with Crippen LogP contribution in [0.1, 0.15) is 37.3 Å². The molecule has 0 heterocycles. The van der Waals surface area contributed by atoms with Crippen molar-refractivity contribution in [2.45, 2.75) is 45.1 Å². The van der Waals surface area contributed by atoms with E-state index in [1.165, 1.54) is 43.0 Å². The Labute approximate surface area is 262 Å². The molecule has 0 bridgehead atoms. The summed E-state index contributed by atoms with van der Waals surface area (Å²) >= 11 is 0. The fourth-order valence-corrected chi connectivity index (χ4v) is 5.03. The number of unbranched alkanes of at least 4 members (excludes halogenated alkanes) is 2. The van der Waals surface area contributed by atoms with Gasteiger partial charge in [0.2, 0.25) is 0 Å². The van der Waals surface area contributed by atoms with Crippen LogP contribution in [0.3, 0.4) is 0 Å². The van der Waals surface area contributed by atoms with E-state index >= 15 is 4.39 Å². The van der Waals surface area contributed by atoms with Crippen LogP contribution in [0, 0.1) is 11.6 Å². The summed E-state index contributed by atoms with van der Waals surface area (Å²) in [4.78, 5) is 0. The molecule has 0 unspecified atom stereocenters. The summed E-state index contributed by atoms with van der Waals surface area (Å²) < 4.78 is 104. The van der Waals surface area contributed by atoms with Crippen LogP contribution in [0.2, 0.25) is 0 Å². The summed E-state index contributed by atoms with van der Waals surface area (Å²) in [6.07, 6.45) is -4.49. The smallest absolute Gasteiger partial charge is 0.429 e. The number of halogens is 7. The number of aryl methyl sites for hydroxylation is 1. The first-order valence-electron chi connectivity index (χ1n) is 14.6. The molecule has 5 aromatic carbocycles. The molecule has 46 heavy (non-hydrogen) atoms. The van der Waals surface area contributed by atoms with Gasteiger partial charge in [0.15, 0.2) is 11.6 Å². The maximum atomic E-state index is 15.2. The topological polar surface area (TPSA) is 18.5 Å². The highest BCUT2D eigenvalue weighted by atomic mass is 19.4. The SMILES string of the molecule is CCCCCc1ccc(-c2ccc(-c3ccc(-c4ccc(C(F)(F)Oc5ccc(OC(F)(F)F)c(F)c5)cc4)c(F)c3)cc2)cc1. The monoisotopic (exact) mass is 638 g/mol. The van der Waals surface area contributed by atoms with E-state index in [4.69, 9.17) is 0 Å². The van der Waals surface area contributed by atoms with E-state index in [0.717, 1.165) is 41.3 Å². The molecule has 0 aromatic heterocycles. The van der Waals surface area contributed by atoms with Gasteiger partial charge in [-0.3, -0.25) is 0 Å². The van der Waals surface area contributed by atoms with Gasteiger partial charge in [-0.15, -0.1) is 13.2 Å². The van der Waals surface area contributed by atoms with E-state index in [0.29, 0.717) is 23.3 Å². The van der Waals surface area contributed by atoms with Crippen molar-refractivity contribution in [3.05, 3.63) is 132 Å². The molecule has 0 spiro atoms. The van der Waals surface area contributed by atoms with Crippen LogP contribution in [-0.4, -0.2) is 6.36 Å². The van der Waals surface area contributed by atoms with Crippen molar-refractivity contribution in [1.29, 1.82) is 0 Å². The maximum Gasteiger partial charge on any atom is 0.573 e. The molecule has 0 aliphatic rings. The standard InChI is InChI=1S/C37H29F7O2/c1-2-3-4-5-24-6-8-25(9-7-24)26-10-12-27(13-11-26)29-16-20-32(33(38)22-29)28-14-17-30(18-15-28)36(40,41)45-31-19-21-35(34(39)23-31)46-37(42,43)44/h6-23H,2-5H2,1H3. The first-order chi connectivity index (χ1) is 21.9. The number of hydrogen-bond donors (Lipinski definition) is 0. The summed E-state index contributed by atoms with van der Waals surface area (Å²) in [6.45, 7) is 2.18. The molecule has 0 aliphatic heterocycles. The lowest BCUT2D eigenvalue weighted by Crippen LogP contribution is -2.22. The lowest BCUT2D eigenvalue weighted by atomic mass is 9.96. The summed E-state index contributed by atoms with van der Waals surface area (Å²) in [5.41, 5.74) is 4.79. The van der Waals surface area contributed by atoms with Crippen LogP contribution in [0.4, 0.5) is 30.7 Å². The Kier molecular flexibility index (Phi) is 9.70. The average molecular weight is 639 g/mol. The largest absolute Gasteiger partial charge is 0.573 e. The zero-order valence-electron chi connectivity index (χ0n) is 24.7. The zero-order chi connectivity index (χ0) is 32.9. The second kappa shape index (κ2) is 13.7. The van der Waals surface area contributed by atoms with Gasteiger partial charge in [0, 0.05) is 11.6 Å². The molecular formula is C37H29F7O2. The molecule has 0 atom stereocenters. The molecule has 0 amide bonds. The lowest BCUT2D eigenvalue weighted by molar-refractivity contribution is -0.275. The Balaban J connectivity index is 1.25. The van der Waals surface area contributed by atoms with Crippen molar-refractivity contribution >= 4 is 0 Å². The van der Waals surface area contributed by atoms with Crippen LogP contribution in [0.25, 0.3) is 33.4 Å². The number of alkyl halides is 5. The van der Waals surface area contributed by atoms with Crippen molar-refractivity contribution in [3.8, 4) is 44.9 Å². The molecule has 0 aliphatic carbocycles. The Morgan fingerprint density at radius 1 is 0.543 bits per heavy atom. The Hall–Kier alpha value is -4.79. The predicted octanol–water partition coefficient (Wildman–Crippen LogP) is 11.7. The first kappa shape index (κ1) is 32.6. The molecule has 0 fully saturated rings. The van der Waals surface area contributed by atoms with Gasteiger partial charge in [-0.25, -0.2) is 8.78 Å². The number of rotatable bonds is 11. The van der Waals surface area contributed by atoms with Crippen LogP contribution < -0.4 is 9.47 Å². The third-order valence-electron chi connectivity index (χ3n) is 7.45. The molecular weight excluding hydrogens is 609 g/mol. The fraction of sp³-hybridized carbons (Fsp3) is 0.189. The van der Waals surface area contributed by atoms with E-state index in [-0.39, 0.29) is 5.56 Å². The Bertz CT molecular complexity index is 1760. The van der Waals surface area contributed by atoms with E-state index < -0.39 is 41.2 Å². The van der Waals surface area contributed by atoms with Crippen LogP contribution >= 0.6 is 0 Å². The van der Waals surface area contributed by atoms with E-state index in [1.54, 1.807) is 12.1 Å². The molecule has 238 valence electrons. The highest BCUT2D eigenvalue weighted by Crippen LogP contribution is 2.36. The molecule has 0 saturated heterocycles. The molecule has 0 saturated carbocycles. The first-order valence-corrected chi connectivity index (χ1v) is 14.6. The van der Waals surface area contributed by atoms with E-state index in [1.807, 2.05) is 24.3 Å². The van der Waals surface area contributed by atoms with E-state index in [9.17, 15) is 26.3 Å². The second-order valence-electron chi connectivity index (χ2n) is 10.8. The second-order valence-corrected chi connectivity index (χ2v) is 10.8. The van der Waals surface area contributed by atoms with Gasteiger partial charge in [0.1, 0.15) is 11.6 Å². The molecule has 2 nitrogen and oxygen atoms in total. The highest BCUT2D eigenvalue weighted by Gasteiger charge is 2.36. The minimum absolute atomic E-state index is 0.192. The molecule has 5 aromatic rings. The summed E-state index contributed by atoms with van der Waals surface area (Å²) in [6, 6.07) is 27.2. The van der Waals surface area contributed by atoms with Gasteiger partial charge in [-0.05, 0) is 76.6 Å². The zero-order valence-corrected chi connectivity index (χ0v) is 24.7. The number of benzene rings is 5. The Morgan fingerprint density at radius 2 is 1.11 bits per heavy atom. The normalized spacial score (nSPS) is 11.8. The number of hydrogen-bond acceptors (Lipinski definition) is 2. The highest BCUT2D eigenvalue weighted by molar-refractivity contribution is 5.74. The van der Waals surface area contributed by atoms with Crippen molar-refractivity contribution in [2.75, 3.05) is 0 Å². The quantitative estimate of drug-likeness (QED) is 0.106.